The van der Waals surface area contributed by atoms with Crippen molar-refractivity contribution in [1.29, 1.82) is 0 Å². The van der Waals surface area contributed by atoms with Gasteiger partial charge in [-0.25, -0.2) is 4.79 Å². The summed E-state index contributed by atoms with van der Waals surface area (Å²) in [5.41, 5.74) is 1.89. The summed E-state index contributed by atoms with van der Waals surface area (Å²) in [7, 11) is 1.40. The molecule has 2 nitrogen and oxygen atoms in total. The number of rotatable bonds is 2. The van der Waals surface area contributed by atoms with Crippen molar-refractivity contribution in [2.45, 2.75) is 18.8 Å². The molecule has 78 valence electrons. The molecular weight excluding hydrogens is 188 g/mol. The highest BCUT2D eigenvalue weighted by Crippen LogP contribution is 2.28. The second-order valence-electron chi connectivity index (χ2n) is 3.73. The lowest BCUT2D eigenvalue weighted by Crippen LogP contribution is -2.01. The van der Waals surface area contributed by atoms with Crippen molar-refractivity contribution in [3.8, 4) is 0 Å². The van der Waals surface area contributed by atoms with Crippen molar-refractivity contribution in [2.75, 3.05) is 7.11 Å². The molecule has 0 saturated heterocycles. The van der Waals surface area contributed by atoms with E-state index < -0.39 is 0 Å². The highest BCUT2D eigenvalue weighted by Gasteiger charge is 2.12. The van der Waals surface area contributed by atoms with Crippen LogP contribution in [0.5, 0.6) is 0 Å². The third kappa shape index (κ3) is 2.09. The topological polar surface area (TPSA) is 26.3 Å². The molecule has 0 bridgehead atoms. The van der Waals surface area contributed by atoms with E-state index in [4.69, 9.17) is 0 Å². The zero-order valence-corrected chi connectivity index (χ0v) is 8.77. The number of hydrogen-bond acceptors (Lipinski definition) is 2. The van der Waals surface area contributed by atoms with E-state index in [0.29, 0.717) is 11.5 Å². The largest absolute Gasteiger partial charge is 0.465 e. The number of carbonyl (C=O) groups is 1. The van der Waals surface area contributed by atoms with Gasteiger partial charge in [-0.3, -0.25) is 0 Å². The Balaban J connectivity index is 2.16. The summed E-state index contributed by atoms with van der Waals surface area (Å²) in [6.07, 6.45) is 6.77. The molecule has 0 fully saturated rings. The van der Waals surface area contributed by atoms with Crippen molar-refractivity contribution in [3.05, 3.63) is 47.5 Å². The Kier molecular flexibility index (Phi) is 2.86. The quantitative estimate of drug-likeness (QED) is 0.544. The van der Waals surface area contributed by atoms with Crippen LogP contribution in [-0.4, -0.2) is 13.1 Å². The van der Waals surface area contributed by atoms with Crippen molar-refractivity contribution in [2.24, 2.45) is 0 Å². The van der Waals surface area contributed by atoms with Gasteiger partial charge < -0.3 is 4.74 Å². The Morgan fingerprint density at radius 2 is 2.07 bits per heavy atom. The number of methoxy groups -OCH3 is 1. The van der Waals surface area contributed by atoms with Crippen LogP contribution in [0, 0.1) is 0 Å². The number of allylic oxidation sites excluding steroid dienone is 2. The van der Waals surface area contributed by atoms with Gasteiger partial charge in [-0.15, -0.1) is 0 Å². The summed E-state index contributed by atoms with van der Waals surface area (Å²) < 4.78 is 4.65. The van der Waals surface area contributed by atoms with Crippen molar-refractivity contribution in [3.63, 3.8) is 0 Å². The lowest BCUT2D eigenvalue weighted by atomic mass is 9.98. The van der Waals surface area contributed by atoms with E-state index in [2.05, 4.69) is 16.9 Å². The smallest absolute Gasteiger partial charge is 0.337 e. The van der Waals surface area contributed by atoms with Gasteiger partial charge in [0.05, 0.1) is 12.7 Å². The maximum Gasteiger partial charge on any atom is 0.337 e. The Morgan fingerprint density at radius 1 is 1.33 bits per heavy atom. The minimum absolute atomic E-state index is 0.275. The molecule has 15 heavy (non-hydrogen) atoms. The fourth-order valence-electron chi connectivity index (χ4n) is 1.89. The van der Waals surface area contributed by atoms with E-state index in [1.807, 2.05) is 24.3 Å². The first kappa shape index (κ1) is 9.97. The SMILES string of the molecule is COC(=O)c1ccc(C2C=CCC2)cc1. The molecule has 0 saturated carbocycles. The standard InChI is InChI=1S/C13H14O2/c1-15-13(14)12-8-6-11(7-9-12)10-4-2-3-5-10/h2,4,6-10H,3,5H2,1H3. The fraction of sp³-hybridized carbons (Fsp3) is 0.308. The van der Waals surface area contributed by atoms with E-state index in [9.17, 15) is 4.79 Å². The zero-order chi connectivity index (χ0) is 10.7. The van der Waals surface area contributed by atoms with E-state index in [1.54, 1.807) is 0 Å². The highest BCUT2D eigenvalue weighted by atomic mass is 16.5. The molecule has 1 unspecified atom stereocenters. The van der Waals surface area contributed by atoms with Crippen LogP contribution >= 0.6 is 0 Å². The van der Waals surface area contributed by atoms with E-state index in [-0.39, 0.29) is 5.97 Å². The monoisotopic (exact) mass is 202 g/mol. The van der Waals surface area contributed by atoms with Crippen LogP contribution in [0.4, 0.5) is 0 Å². The minimum Gasteiger partial charge on any atom is -0.465 e. The molecule has 2 rings (SSSR count). The van der Waals surface area contributed by atoms with Gasteiger partial charge in [0.2, 0.25) is 0 Å². The average molecular weight is 202 g/mol. The van der Waals surface area contributed by atoms with E-state index in [1.165, 1.54) is 19.1 Å². The number of ether oxygens (including phenoxy) is 1. The van der Waals surface area contributed by atoms with Crippen LogP contribution in [0.2, 0.25) is 0 Å². The molecule has 1 aliphatic carbocycles. The van der Waals surface area contributed by atoms with Crippen LogP contribution in [0.25, 0.3) is 0 Å². The summed E-state index contributed by atoms with van der Waals surface area (Å²) in [6.45, 7) is 0. The molecule has 0 heterocycles. The Hall–Kier alpha value is -1.57. The molecule has 0 amide bonds. The van der Waals surface area contributed by atoms with Crippen LogP contribution in [0.1, 0.15) is 34.7 Å². The third-order valence-electron chi connectivity index (χ3n) is 2.77. The van der Waals surface area contributed by atoms with Gasteiger partial charge >= 0.3 is 5.97 Å². The summed E-state index contributed by atoms with van der Waals surface area (Å²) in [6, 6.07) is 7.67. The predicted molar refractivity (Wildman–Crippen MR) is 58.9 cm³/mol. The maximum atomic E-state index is 11.2. The van der Waals surface area contributed by atoms with Crippen LogP contribution in [-0.2, 0) is 4.74 Å². The van der Waals surface area contributed by atoms with Crippen molar-refractivity contribution in [1.82, 2.24) is 0 Å². The first-order chi connectivity index (χ1) is 7.31. The normalized spacial score (nSPS) is 19.1. The van der Waals surface area contributed by atoms with Gasteiger partial charge in [-0.05, 0) is 30.5 Å². The molecule has 1 aromatic rings. The molecular formula is C13H14O2. The molecule has 0 radical (unpaired) electrons. The lowest BCUT2D eigenvalue weighted by Gasteiger charge is -2.08. The molecule has 1 atom stereocenters. The number of hydrogen-bond donors (Lipinski definition) is 0. The minimum atomic E-state index is -0.275. The molecule has 2 heteroatoms. The molecule has 0 aromatic heterocycles. The zero-order valence-electron chi connectivity index (χ0n) is 8.77. The van der Waals surface area contributed by atoms with Gasteiger partial charge in [0, 0.05) is 5.92 Å². The first-order valence-electron chi connectivity index (χ1n) is 5.16. The lowest BCUT2D eigenvalue weighted by molar-refractivity contribution is 0.0600. The average Bonchev–Trinajstić information content (AvgIpc) is 2.82. The molecule has 1 aromatic carbocycles. The third-order valence-corrected chi connectivity index (χ3v) is 2.77. The summed E-state index contributed by atoms with van der Waals surface area (Å²) in [4.78, 5) is 11.2. The predicted octanol–water partition coefficient (Wildman–Crippen LogP) is 2.91. The Bertz CT molecular complexity index is 376. The second kappa shape index (κ2) is 4.30. The fourth-order valence-corrected chi connectivity index (χ4v) is 1.89. The molecule has 0 spiro atoms. The second-order valence-corrected chi connectivity index (χ2v) is 3.73. The van der Waals surface area contributed by atoms with Crippen LogP contribution in [0.15, 0.2) is 36.4 Å². The summed E-state index contributed by atoms with van der Waals surface area (Å²) in [5.74, 6) is 0.250. The van der Waals surface area contributed by atoms with E-state index >= 15 is 0 Å². The van der Waals surface area contributed by atoms with Gasteiger partial charge in [0.15, 0.2) is 0 Å². The summed E-state index contributed by atoms with van der Waals surface area (Å²) in [5, 5.41) is 0. The molecule has 0 N–H and O–H groups in total. The van der Waals surface area contributed by atoms with Crippen LogP contribution in [0.3, 0.4) is 0 Å². The van der Waals surface area contributed by atoms with Gasteiger partial charge in [-0.1, -0.05) is 24.3 Å². The summed E-state index contributed by atoms with van der Waals surface area (Å²) >= 11 is 0. The van der Waals surface area contributed by atoms with Gasteiger partial charge in [0.1, 0.15) is 0 Å². The number of esters is 1. The first-order valence-corrected chi connectivity index (χ1v) is 5.16. The Labute approximate surface area is 89.6 Å². The van der Waals surface area contributed by atoms with Gasteiger partial charge in [0.25, 0.3) is 0 Å². The number of carbonyl (C=O) groups excluding carboxylic acids is 1. The van der Waals surface area contributed by atoms with Gasteiger partial charge in [-0.2, -0.15) is 0 Å². The van der Waals surface area contributed by atoms with Crippen molar-refractivity contribution < 1.29 is 9.53 Å². The molecule has 0 aliphatic heterocycles. The Morgan fingerprint density at radius 3 is 2.60 bits per heavy atom. The van der Waals surface area contributed by atoms with Crippen LogP contribution < -0.4 is 0 Å². The highest BCUT2D eigenvalue weighted by molar-refractivity contribution is 5.89. The van der Waals surface area contributed by atoms with E-state index in [0.717, 1.165) is 6.42 Å². The molecule has 1 aliphatic rings. The van der Waals surface area contributed by atoms with Crippen molar-refractivity contribution >= 4 is 5.97 Å². The maximum absolute atomic E-state index is 11.2. The number of benzene rings is 1.